The molecule has 0 aliphatic heterocycles. The van der Waals surface area contributed by atoms with Crippen LogP contribution in [-0.4, -0.2) is 16.3 Å². The van der Waals surface area contributed by atoms with Crippen LogP contribution in [0, 0.1) is 5.92 Å². The molecule has 1 aromatic heterocycles. The zero-order valence-electron chi connectivity index (χ0n) is 9.12. The van der Waals surface area contributed by atoms with Crippen LogP contribution in [0.2, 0.25) is 5.02 Å². The fourth-order valence-electron chi connectivity index (χ4n) is 2.67. The molecule has 2 rings (SSSR count). The van der Waals surface area contributed by atoms with Crippen LogP contribution in [0.4, 0.5) is 0 Å². The number of hydrogen-bond donors (Lipinski definition) is 1. The van der Waals surface area contributed by atoms with Gasteiger partial charge in [-0.2, -0.15) is 5.10 Å². The van der Waals surface area contributed by atoms with Crippen LogP contribution in [0.5, 0.6) is 0 Å². The van der Waals surface area contributed by atoms with Crippen molar-refractivity contribution in [1.82, 2.24) is 9.78 Å². The molecule has 0 bridgehead atoms. The Balaban J connectivity index is 2.30. The lowest BCUT2D eigenvalue weighted by atomic mass is 9.93. The minimum atomic E-state index is 0.518. The van der Waals surface area contributed by atoms with Crippen molar-refractivity contribution in [1.29, 1.82) is 0 Å². The standard InChI is InChI=1S/C11H18ClN3/c1-2-15-11(10(12)7-14-15)9-5-3-4-8(9)6-13/h7-9H,2-6,13H2,1H3. The van der Waals surface area contributed by atoms with Crippen LogP contribution < -0.4 is 5.73 Å². The topological polar surface area (TPSA) is 43.8 Å². The molecule has 0 saturated heterocycles. The monoisotopic (exact) mass is 227 g/mol. The van der Waals surface area contributed by atoms with Crippen LogP contribution in [0.15, 0.2) is 6.20 Å². The van der Waals surface area contributed by atoms with Crippen molar-refractivity contribution in [3.63, 3.8) is 0 Å². The molecule has 2 N–H and O–H groups in total. The summed E-state index contributed by atoms with van der Waals surface area (Å²) in [5, 5.41) is 5.10. The number of hydrogen-bond acceptors (Lipinski definition) is 2. The number of aromatic nitrogens is 2. The summed E-state index contributed by atoms with van der Waals surface area (Å²) >= 11 is 6.20. The van der Waals surface area contributed by atoms with E-state index < -0.39 is 0 Å². The second kappa shape index (κ2) is 4.54. The molecular formula is C11H18ClN3. The molecule has 1 aliphatic rings. The molecule has 2 atom stereocenters. The molecule has 3 nitrogen and oxygen atoms in total. The minimum absolute atomic E-state index is 0.518. The van der Waals surface area contributed by atoms with E-state index in [9.17, 15) is 0 Å². The number of aryl methyl sites for hydroxylation is 1. The number of halogens is 1. The van der Waals surface area contributed by atoms with Gasteiger partial charge in [0, 0.05) is 12.5 Å². The van der Waals surface area contributed by atoms with Crippen molar-refractivity contribution >= 4 is 11.6 Å². The fourth-order valence-corrected chi connectivity index (χ4v) is 2.95. The molecule has 1 heterocycles. The Morgan fingerprint density at radius 2 is 2.40 bits per heavy atom. The quantitative estimate of drug-likeness (QED) is 0.862. The second-order valence-electron chi connectivity index (χ2n) is 4.23. The molecule has 0 amide bonds. The molecule has 2 unspecified atom stereocenters. The average molecular weight is 228 g/mol. The molecule has 84 valence electrons. The molecule has 1 aromatic rings. The molecule has 0 spiro atoms. The molecule has 15 heavy (non-hydrogen) atoms. The third-order valence-electron chi connectivity index (χ3n) is 3.45. The Hall–Kier alpha value is -0.540. The van der Waals surface area contributed by atoms with E-state index in [0.29, 0.717) is 11.8 Å². The molecule has 0 radical (unpaired) electrons. The van der Waals surface area contributed by atoms with E-state index in [1.165, 1.54) is 25.0 Å². The second-order valence-corrected chi connectivity index (χ2v) is 4.63. The van der Waals surface area contributed by atoms with E-state index in [-0.39, 0.29) is 0 Å². The van der Waals surface area contributed by atoms with Gasteiger partial charge in [-0.15, -0.1) is 0 Å². The normalized spacial score (nSPS) is 26.1. The van der Waals surface area contributed by atoms with Crippen LogP contribution in [-0.2, 0) is 6.54 Å². The first kappa shape index (κ1) is 11.0. The Morgan fingerprint density at radius 3 is 3.07 bits per heavy atom. The van der Waals surface area contributed by atoms with Gasteiger partial charge in [0.05, 0.1) is 16.9 Å². The van der Waals surface area contributed by atoms with Gasteiger partial charge in [0.1, 0.15) is 0 Å². The number of nitrogens with zero attached hydrogens (tertiary/aromatic N) is 2. The zero-order valence-corrected chi connectivity index (χ0v) is 9.87. The molecule has 4 heteroatoms. The third kappa shape index (κ3) is 1.91. The smallest absolute Gasteiger partial charge is 0.0820 e. The maximum atomic E-state index is 6.20. The first-order valence-electron chi connectivity index (χ1n) is 5.69. The summed E-state index contributed by atoms with van der Waals surface area (Å²) in [5.41, 5.74) is 7.00. The lowest BCUT2D eigenvalue weighted by Gasteiger charge is -2.19. The van der Waals surface area contributed by atoms with E-state index in [4.69, 9.17) is 17.3 Å². The summed E-state index contributed by atoms with van der Waals surface area (Å²) in [6.07, 6.45) is 5.45. The van der Waals surface area contributed by atoms with Crippen molar-refractivity contribution < 1.29 is 0 Å². The Kier molecular flexibility index (Phi) is 3.32. The maximum absolute atomic E-state index is 6.20. The first-order valence-corrected chi connectivity index (χ1v) is 6.07. The van der Waals surface area contributed by atoms with Gasteiger partial charge in [-0.25, -0.2) is 0 Å². The Bertz CT molecular complexity index is 335. The number of rotatable bonds is 3. The summed E-state index contributed by atoms with van der Waals surface area (Å²) in [7, 11) is 0. The van der Waals surface area contributed by atoms with E-state index >= 15 is 0 Å². The number of nitrogens with two attached hydrogens (primary N) is 1. The third-order valence-corrected chi connectivity index (χ3v) is 3.74. The fraction of sp³-hybridized carbons (Fsp3) is 0.727. The van der Waals surface area contributed by atoms with E-state index in [0.717, 1.165) is 18.1 Å². The highest BCUT2D eigenvalue weighted by Crippen LogP contribution is 2.41. The van der Waals surface area contributed by atoms with Crippen LogP contribution in [0.3, 0.4) is 0 Å². The lowest BCUT2D eigenvalue weighted by Crippen LogP contribution is -2.20. The summed E-state index contributed by atoms with van der Waals surface area (Å²) in [4.78, 5) is 0. The van der Waals surface area contributed by atoms with Crippen LogP contribution >= 0.6 is 11.6 Å². The Morgan fingerprint density at radius 1 is 1.60 bits per heavy atom. The average Bonchev–Trinajstić information content (AvgIpc) is 2.82. The molecule has 0 aromatic carbocycles. The first-order chi connectivity index (χ1) is 7.27. The Labute approximate surface area is 95.6 Å². The highest BCUT2D eigenvalue weighted by atomic mass is 35.5. The van der Waals surface area contributed by atoms with Gasteiger partial charge in [0.2, 0.25) is 0 Å². The summed E-state index contributed by atoms with van der Waals surface area (Å²) < 4.78 is 2.01. The maximum Gasteiger partial charge on any atom is 0.0820 e. The summed E-state index contributed by atoms with van der Waals surface area (Å²) in [6.45, 7) is 3.74. The van der Waals surface area contributed by atoms with Crippen molar-refractivity contribution in [3.05, 3.63) is 16.9 Å². The SMILES string of the molecule is CCn1ncc(Cl)c1C1CCCC1CN. The molecular weight excluding hydrogens is 210 g/mol. The zero-order chi connectivity index (χ0) is 10.8. The minimum Gasteiger partial charge on any atom is -0.330 e. The molecule has 1 aliphatic carbocycles. The van der Waals surface area contributed by atoms with E-state index in [1.54, 1.807) is 6.20 Å². The van der Waals surface area contributed by atoms with Gasteiger partial charge >= 0.3 is 0 Å². The molecule has 1 fully saturated rings. The van der Waals surface area contributed by atoms with Gasteiger partial charge in [-0.05, 0) is 32.2 Å². The largest absolute Gasteiger partial charge is 0.330 e. The predicted molar refractivity (Wildman–Crippen MR) is 62.0 cm³/mol. The van der Waals surface area contributed by atoms with Crippen molar-refractivity contribution in [2.24, 2.45) is 11.7 Å². The summed E-state index contributed by atoms with van der Waals surface area (Å²) in [5.74, 6) is 1.11. The van der Waals surface area contributed by atoms with Crippen molar-refractivity contribution in [2.45, 2.75) is 38.6 Å². The predicted octanol–water partition coefficient (Wildman–Crippen LogP) is 2.40. The van der Waals surface area contributed by atoms with Crippen molar-refractivity contribution in [2.75, 3.05) is 6.54 Å². The van der Waals surface area contributed by atoms with Crippen LogP contribution in [0.1, 0.15) is 37.8 Å². The van der Waals surface area contributed by atoms with Gasteiger partial charge in [0.25, 0.3) is 0 Å². The van der Waals surface area contributed by atoms with E-state index in [1.807, 2.05) is 4.68 Å². The highest BCUT2D eigenvalue weighted by molar-refractivity contribution is 6.31. The molecule has 1 saturated carbocycles. The van der Waals surface area contributed by atoms with Gasteiger partial charge in [0.15, 0.2) is 0 Å². The van der Waals surface area contributed by atoms with Crippen molar-refractivity contribution in [3.8, 4) is 0 Å². The highest BCUT2D eigenvalue weighted by Gasteiger charge is 2.31. The van der Waals surface area contributed by atoms with Gasteiger partial charge < -0.3 is 5.73 Å². The van der Waals surface area contributed by atoms with Gasteiger partial charge in [-0.3, -0.25) is 4.68 Å². The summed E-state index contributed by atoms with van der Waals surface area (Å²) in [6, 6.07) is 0. The van der Waals surface area contributed by atoms with Gasteiger partial charge in [-0.1, -0.05) is 18.0 Å². The van der Waals surface area contributed by atoms with E-state index in [2.05, 4.69) is 12.0 Å². The lowest BCUT2D eigenvalue weighted by molar-refractivity contribution is 0.459. The van der Waals surface area contributed by atoms with Crippen LogP contribution in [0.25, 0.3) is 0 Å².